The fourth-order valence-corrected chi connectivity index (χ4v) is 2.10. The third-order valence-electron chi connectivity index (χ3n) is 1.96. The van der Waals surface area contributed by atoms with Gasteiger partial charge >= 0.3 is 5.97 Å². The first-order valence-corrected chi connectivity index (χ1v) is 5.75. The fourth-order valence-electron chi connectivity index (χ4n) is 1.20. The number of benzene rings is 1. The van der Waals surface area contributed by atoms with E-state index in [2.05, 4.69) is 26.2 Å². The van der Waals surface area contributed by atoms with Crippen molar-refractivity contribution < 1.29 is 18.7 Å². The highest BCUT2D eigenvalue weighted by Gasteiger charge is 2.14. The third kappa shape index (κ3) is 2.62. The van der Waals surface area contributed by atoms with Crippen LogP contribution in [0.2, 0.25) is 5.02 Å². The van der Waals surface area contributed by atoms with E-state index in [9.17, 15) is 9.18 Å². The molecule has 1 aromatic carbocycles. The van der Waals surface area contributed by atoms with Crippen LogP contribution < -0.4 is 5.32 Å². The summed E-state index contributed by atoms with van der Waals surface area (Å²) in [5.41, 5.74) is 0.0868. The number of carbonyl (C=O) groups is 1. The van der Waals surface area contributed by atoms with Crippen molar-refractivity contribution >= 4 is 45.2 Å². The Balaban J connectivity index is 2.31. The number of aromatic nitrogens is 1. The number of carboxylic acid groups (broad SMARTS) is 1. The number of hydrogen-bond donors (Lipinski definition) is 2. The van der Waals surface area contributed by atoms with Crippen LogP contribution in [0.25, 0.3) is 0 Å². The molecule has 0 aliphatic carbocycles. The molecule has 0 saturated carbocycles. The summed E-state index contributed by atoms with van der Waals surface area (Å²) < 4.78 is 18.3. The Hall–Kier alpha value is -1.60. The van der Waals surface area contributed by atoms with Crippen molar-refractivity contribution in [3.63, 3.8) is 0 Å². The second kappa shape index (κ2) is 4.95. The van der Waals surface area contributed by atoms with Crippen LogP contribution in [0.15, 0.2) is 27.3 Å². The minimum Gasteiger partial charge on any atom is -0.476 e. The molecule has 0 aliphatic rings. The Morgan fingerprint density at radius 3 is 2.83 bits per heavy atom. The average Bonchev–Trinajstić information content (AvgIpc) is 2.71. The number of hydrogen-bond acceptors (Lipinski definition) is 4. The van der Waals surface area contributed by atoms with E-state index in [1.165, 1.54) is 6.07 Å². The van der Waals surface area contributed by atoms with Crippen LogP contribution in [0.3, 0.4) is 0 Å². The van der Waals surface area contributed by atoms with Gasteiger partial charge in [-0.05, 0) is 28.1 Å². The highest BCUT2D eigenvalue weighted by molar-refractivity contribution is 9.10. The maximum Gasteiger partial charge on any atom is 0.357 e. The van der Waals surface area contributed by atoms with Gasteiger partial charge in [-0.1, -0.05) is 11.6 Å². The van der Waals surface area contributed by atoms with E-state index in [1.54, 1.807) is 0 Å². The van der Waals surface area contributed by atoms with Crippen LogP contribution >= 0.6 is 27.5 Å². The van der Waals surface area contributed by atoms with Crippen LogP contribution in [-0.4, -0.2) is 16.1 Å². The van der Waals surface area contributed by atoms with E-state index in [0.717, 1.165) is 12.3 Å². The Kier molecular flexibility index (Phi) is 3.53. The number of anilines is 2. The molecule has 1 aromatic heterocycles. The summed E-state index contributed by atoms with van der Waals surface area (Å²) in [4.78, 5) is 14.3. The predicted octanol–water partition coefficient (Wildman–Crippen LogP) is 3.67. The van der Waals surface area contributed by atoms with Gasteiger partial charge in [-0.3, -0.25) is 0 Å². The molecule has 0 atom stereocenters. The van der Waals surface area contributed by atoms with Crippen LogP contribution in [0.1, 0.15) is 10.5 Å². The van der Waals surface area contributed by atoms with Crippen LogP contribution in [0.5, 0.6) is 0 Å². The topological polar surface area (TPSA) is 75.4 Å². The van der Waals surface area contributed by atoms with E-state index < -0.39 is 11.8 Å². The van der Waals surface area contributed by atoms with Gasteiger partial charge in [0.15, 0.2) is 5.69 Å². The Morgan fingerprint density at radius 1 is 1.56 bits per heavy atom. The molecule has 8 heteroatoms. The first kappa shape index (κ1) is 12.8. The van der Waals surface area contributed by atoms with Crippen molar-refractivity contribution in [2.45, 2.75) is 0 Å². The summed E-state index contributed by atoms with van der Waals surface area (Å²) >= 11 is 8.95. The fraction of sp³-hybridized carbons (Fsp3) is 0. The molecule has 0 unspecified atom stereocenters. The molecule has 5 nitrogen and oxygen atoms in total. The molecule has 1 heterocycles. The normalized spacial score (nSPS) is 10.4. The molecular weight excluding hydrogens is 330 g/mol. The number of halogens is 3. The lowest BCUT2D eigenvalue weighted by atomic mass is 10.3. The van der Waals surface area contributed by atoms with Gasteiger partial charge in [0.1, 0.15) is 12.1 Å². The van der Waals surface area contributed by atoms with Gasteiger partial charge in [-0.2, -0.15) is 4.98 Å². The maximum absolute atomic E-state index is 13.0. The standard InChI is InChI=1S/C10H5BrClFN2O3/c11-5-1-4(13)2-6(12)8(5)15-10-14-7(3-18-10)9(16)17/h1-3H,(H,14,15)(H,16,17). The minimum atomic E-state index is -1.21. The molecule has 0 saturated heterocycles. The second-order valence-electron chi connectivity index (χ2n) is 3.21. The van der Waals surface area contributed by atoms with Gasteiger partial charge in [0, 0.05) is 4.47 Å². The van der Waals surface area contributed by atoms with Gasteiger partial charge < -0.3 is 14.8 Å². The monoisotopic (exact) mass is 334 g/mol. The van der Waals surface area contributed by atoms with Crippen LogP contribution in [0, 0.1) is 5.82 Å². The zero-order valence-corrected chi connectivity index (χ0v) is 10.9. The van der Waals surface area contributed by atoms with E-state index in [1.807, 2.05) is 0 Å². The summed E-state index contributed by atoms with van der Waals surface area (Å²) in [5, 5.41) is 11.4. The third-order valence-corrected chi connectivity index (χ3v) is 2.89. The lowest BCUT2D eigenvalue weighted by molar-refractivity contribution is 0.0690. The van der Waals surface area contributed by atoms with Crippen molar-refractivity contribution in [2.24, 2.45) is 0 Å². The number of nitrogens with one attached hydrogen (secondary N) is 1. The van der Waals surface area contributed by atoms with E-state index >= 15 is 0 Å². The molecule has 2 N–H and O–H groups in total. The van der Waals surface area contributed by atoms with Gasteiger partial charge in [-0.25, -0.2) is 9.18 Å². The molecule has 0 spiro atoms. The molecule has 2 rings (SSSR count). The quantitative estimate of drug-likeness (QED) is 0.895. The molecule has 0 radical (unpaired) electrons. The summed E-state index contributed by atoms with van der Waals surface area (Å²) in [6.07, 6.45) is 0.982. The Morgan fingerprint density at radius 2 is 2.28 bits per heavy atom. The van der Waals surface area contributed by atoms with Crippen molar-refractivity contribution in [3.8, 4) is 0 Å². The molecular formula is C10H5BrClFN2O3. The Bertz CT molecular complexity index is 594. The van der Waals surface area contributed by atoms with Crippen molar-refractivity contribution in [3.05, 3.63) is 39.4 Å². The first-order chi connectivity index (χ1) is 8.47. The van der Waals surface area contributed by atoms with Gasteiger partial charge in [-0.15, -0.1) is 0 Å². The number of rotatable bonds is 3. The zero-order chi connectivity index (χ0) is 13.3. The molecule has 0 fully saturated rings. The number of oxazole rings is 1. The predicted molar refractivity (Wildman–Crippen MR) is 65.9 cm³/mol. The highest BCUT2D eigenvalue weighted by Crippen LogP contribution is 2.33. The van der Waals surface area contributed by atoms with Gasteiger partial charge in [0.25, 0.3) is 6.01 Å². The van der Waals surface area contributed by atoms with E-state index in [4.69, 9.17) is 21.1 Å². The van der Waals surface area contributed by atoms with Crippen molar-refractivity contribution in [2.75, 3.05) is 5.32 Å². The number of aromatic carboxylic acids is 1. The second-order valence-corrected chi connectivity index (χ2v) is 4.47. The number of carboxylic acids is 1. The van der Waals surface area contributed by atoms with Gasteiger partial charge in [0.2, 0.25) is 0 Å². The van der Waals surface area contributed by atoms with Crippen LogP contribution in [0.4, 0.5) is 16.1 Å². The summed E-state index contributed by atoms with van der Waals surface area (Å²) in [5.74, 6) is -1.72. The van der Waals surface area contributed by atoms with Gasteiger partial charge in [0.05, 0.1) is 10.7 Å². The van der Waals surface area contributed by atoms with Crippen LogP contribution in [-0.2, 0) is 0 Å². The summed E-state index contributed by atoms with van der Waals surface area (Å²) in [7, 11) is 0. The molecule has 0 bridgehead atoms. The highest BCUT2D eigenvalue weighted by atomic mass is 79.9. The Labute approximate surface area is 114 Å². The average molecular weight is 336 g/mol. The van der Waals surface area contributed by atoms with E-state index in [0.29, 0.717) is 10.2 Å². The molecule has 0 amide bonds. The van der Waals surface area contributed by atoms with Crippen molar-refractivity contribution in [1.82, 2.24) is 4.98 Å². The number of nitrogens with zero attached hydrogens (tertiary/aromatic N) is 1. The first-order valence-electron chi connectivity index (χ1n) is 4.58. The summed E-state index contributed by atoms with van der Waals surface area (Å²) in [6, 6.07) is 2.26. The molecule has 0 aliphatic heterocycles. The smallest absolute Gasteiger partial charge is 0.357 e. The molecule has 94 valence electrons. The summed E-state index contributed by atoms with van der Waals surface area (Å²) in [6.45, 7) is 0. The maximum atomic E-state index is 13.0. The van der Waals surface area contributed by atoms with Crippen molar-refractivity contribution in [1.29, 1.82) is 0 Å². The minimum absolute atomic E-state index is 0.0541. The lowest BCUT2D eigenvalue weighted by Crippen LogP contribution is -1.98. The largest absolute Gasteiger partial charge is 0.476 e. The lowest BCUT2D eigenvalue weighted by Gasteiger charge is -2.07. The van der Waals surface area contributed by atoms with E-state index in [-0.39, 0.29) is 16.7 Å². The SMILES string of the molecule is O=C(O)c1coc(Nc2c(Cl)cc(F)cc2Br)n1. The molecule has 18 heavy (non-hydrogen) atoms. The zero-order valence-electron chi connectivity index (χ0n) is 8.58. The molecule has 2 aromatic rings.